The molecular formula is C12H15N3O2. The first-order chi connectivity index (χ1) is 8.10. The van der Waals surface area contributed by atoms with Gasteiger partial charge in [0.2, 0.25) is 0 Å². The number of nitrogens with zero attached hydrogens (tertiary/aromatic N) is 3. The molecule has 0 aliphatic rings. The van der Waals surface area contributed by atoms with Gasteiger partial charge in [-0.15, -0.1) is 0 Å². The van der Waals surface area contributed by atoms with Crippen molar-refractivity contribution in [1.29, 1.82) is 0 Å². The minimum absolute atomic E-state index is 0.00458. The Bertz CT molecular complexity index is 454. The second-order valence-electron chi connectivity index (χ2n) is 3.76. The molecule has 0 fully saturated rings. The largest absolute Gasteiger partial charge is 0.497 e. The van der Waals surface area contributed by atoms with E-state index in [1.54, 1.807) is 7.11 Å². The Kier molecular flexibility index (Phi) is 4.55. The van der Waals surface area contributed by atoms with Crippen LogP contribution >= 0.6 is 0 Å². The molecule has 5 nitrogen and oxygen atoms in total. The highest BCUT2D eigenvalue weighted by Gasteiger charge is 2.12. The lowest BCUT2D eigenvalue weighted by molar-refractivity contribution is 0.0984. The number of carbonyl (C=O) groups is 1. The van der Waals surface area contributed by atoms with Gasteiger partial charge in [-0.2, -0.15) is 0 Å². The maximum atomic E-state index is 11.9. The molecule has 0 atom stereocenters. The van der Waals surface area contributed by atoms with E-state index in [4.69, 9.17) is 10.3 Å². The third-order valence-corrected chi connectivity index (χ3v) is 2.52. The molecule has 0 radical (unpaired) electrons. The van der Waals surface area contributed by atoms with Crippen LogP contribution in [0, 0.1) is 13.8 Å². The van der Waals surface area contributed by atoms with Crippen LogP contribution in [0.1, 0.15) is 27.9 Å². The Balaban J connectivity index is 2.97. The third-order valence-electron chi connectivity index (χ3n) is 2.52. The molecule has 0 saturated heterocycles. The summed E-state index contributed by atoms with van der Waals surface area (Å²) in [4.78, 5) is 14.6. The minimum Gasteiger partial charge on any atom is -0.497 e. The van der Waals surface area contributed by atoms with Gasteiger partial charge in [-0.3, -0.25) is 4.79 Å². The highest BCUT2D eigenvalue weighted by atomic mass is 16.5. The smallest absolute Gasteiger partial charge is 0.163 e. The van der Waals surface area contributed by atoms with Gasteiger partial charge in [0.1, 0.15) is 5.75 Å². The Morgan fingerprint density at radius 3 is 2.47 bits per heavy atom. The lowest BCUT2D eigenvalue weighted by atomic mass is 9.97. The predicted molar refractivity (Wildman–Crippen MR) is 65.4 cm³/mol. The number of rotatable bonds is 5. The molecule has 1 aromatic carbocycles. The van der Waals surface area contributed by atoms with Crippen LogP contribution in [0.2, 0.25) is 0 Å². The summed E-state index contributed by atoms with van der Waals surface area (Å²) in [6.07, 6.45) is 0.234. The summed E-state index contributed by atoms with van der Waals surface area (Å²) in [5.41, 5.74) is 10.6. The van der Waals surface area contributed by atoms with Crippen molar-refractivity contribution in [3.63, 3.8) is 0 Å². The van der Waals surface area contributed by atoms with E-state index in [9.17, 15) is 4.79 Å². The van der Waals surface area contributed by atoms with Crippen LogP contribution in [0.3, 0.4) is 0 Å². The number of carbonyl (C=O) groups excluding carboxylic acids is 1. The highest BCUT2D eigenvalue weighted by Crippen LogP contribution is 2.22. The van der Waals surface area contributed by atoms with E-state index < -0.39 is 0 Å². The van der Waals surface area contributed by atoms with Gasteiger partial charge < -0.3 is 4.74 Å². The molecule has 0 bridgehead atoms. The van der Waals surface area contributed by atoms with Crippen molar-refractivity contribution in [2.75, 3.05) is 13.7 Å². The van der Waals surface area contributed by atoms with Gasteiger partial charge in [-0.25, -0.2) is 0 Å². The first-order valence-corrected chi connectivity index (χ1v) is 5.29. The van der Waals surface area contributed by atoms with E-state index in [2.05, 4.69) is 10.0 Å². The average molecular weight is 233 g/mol. The van der Waals surface area contributed by atoms with E-state index in [0.29, 0.717) is 5.56 Å². The van der Waals surface area contributed by atoms with Crippen molar-refractivity contribution in [2.24, 2.45) is 5.11 Å². The van der Waals surface area contributed by atoms with Crippen molar-refractivity contribution in [2.45, 2.75) is 20.3 Å². The molecule has 0 amide bonds. The van der Waals surface area contributed by atoms with Gasteiger partial charge in [0.25, 0.3) is 0 Å². The lowest BCUT2D eigenvalue weighted by Crippen LogP contribution is -2.06. The molecule has 1 aromatic rings. The van der Waals surface area contributed by atoms with E-state index >= 15 is 0 Å². The maximum Gasteiger partial charge on any atom is 0.163 e. The van der Waals surface area contributed by atoms with Gasteiger partial charge in [0, 0.05) is 23.4 Å². The van der Waals surface area contributed by atoms with Crippen LogP contribution in [0.5, 0.6) is 5.75 Å². The van der Waals surface area contributed by atoms with Crippen LogP contribution in [0.25, 0.3) is 10.4 Å². The van der Waals surface area contributed by atoms with Gasteiger partial charge in [-0.05, 0) is 42.6 Å². The van der Waals surface area contributed by atoms with Crippen molar-refractivity contribution >= 4 is 5.78 Å². The molecule has 1 rings (SSSR count). The van der Waals surface area contributed by atoms with Gasteiger partial charge in [0.15, 0.2) is 5.78 Å². The zero-order valence-electron chi connectivity index (χ0n) is 10.2. The molecule has 0 heterocycles. The summed E-state index contributed by atoms with van der Waals surface area (Å²) < 4.78 is 5.13. The number of ketones is 1. The summed E-state index contributed by atoms with van der Waals surface area (Å²) in [5.74, 6) is 0.738. The van der Waals surface area contributed by atoms with Crippen molar-refractivity contribution in [3.05, 3.63) is 39.3 Å². The molecule has 0 aliphatic heterocycles. The molecule has 0 aromatic heterocycles. The zero-order valence-corrected chi connectivity index (χ0v) is 10.2. The minimum atomic E-state index is -0.00458. The maximum absolute atomic E-state index is 11.9. The van der Waals surface area contributed by atoms with Crippen LogP contribution in [-0.2, 0) is 0 Å². The van der Waals surface area contributed by atoms with Crippen LogP contribution in [0.4, 0.5) is 0 Å². The Morgan fingerprint density at radius 1 is 1.41 bits per heavy atom. The molecule has 0 saturated carbocycles. The SMILES string of the molecule is COc1cc(C)c(C(=O)CCN=[N+]=[N-])c(C)c1. The summed E-state index contributed by atoms with van der Waals surface area (Å²) in [5, 5.41) is 3.37. The number of methoxy groups -OCH3 is 1. The van der Waals surface area contributed by atoms with E-state index in [1.165, 1.54) is 0 Å². The number of Topliss-reactive ketones (excluding diaryl/α,β-unsaturated/α-hetero) is 1. The quantitative estimate of drug-likeness (QED) is 0.339. The normalized spacial score (nSPS) is 9.59. The summed E-state index contributed by atoms with van der Waals surface area (Å²) in [6.45, 7) is 3.94. The van der Waals surface area contributed by atoms with Crippen molar-refractivity contribution < 1.29 is 9.53 Å². The van der Waals surface area contributed by atoms with Crippen LogP contribution in [0.15, 0.2) is 17.2 Å². The summed E-state index contributed by atoms with van der Waals surface area (Å²) in [6, 6.07) is 3.65. The van der Waals surface area contributed by atoms with Crippen molar-refractivity contribution in [3.8, 4) is 5.75 Å². The molecule has 90 valence electrons. The Hall–Kier alpha value is -2.00. The molecular weight excluding hydrogens is 218 g/mol. The van der Waals surface area contributed by atoms with E-state index in [-0.39, 0.29) is 18.7 Å². The molecule has 0 unspecified atom stereocenters. The third kappa shape index (κ3) is 3.23. The monoisotopic (exact) mass is 233 g/mol. The molecule has 0 N–H and O–H groups in total. The van der Waals surface area contributed by atoms with Gasteiger partial charge in [0.05, 0.1) is 7.11 Å². The first kappa shape index (κ1) is 13.1. The second kappa shape index (κ2) is 5.92. The summed E-state index contributed by atoms with van der Waals surface area (Å²) >= 11 is 0. The predicted octanol–water partition coefficient (Wildman–Crippen LogP) is 3.20. The van der Waals surface area contributed by atoms with E-state index in [0.717, 1.165) is 16.9 Å². The number of aryl methyl sites for hydroxylation is 2. The number of hydrogen-bond acceptors (Lipinski definition) is 3. The Labute approximate surface area is 100 Å². The lowest BCUT2D eigenvalue weighted by Gasteiger charge is -2.10. The Morgan fingerprint density at radius 2 is 2.00 bits per heavy atom. The van der Waals surface area contributed by atoms with Gasteiger partial charge >= 0.3 is 0 Å². The van der Waals surface area contributed by atoms with Crippen LogP contribution in [-0.4, -0.2) is 19.4 Å². The number of hydrogen-bond donors (Lipinski definition) is 0. The van der Waals surface area contributed by atoms with Crippen LogP contribution < -0.4 is 4.74 Å². The molecule has 0 spiro atoms. The summed E-state index contributed by atoms with van der Waals surface area (Å²) in [7, 11) is 1.59. The average Bonchev–Trinajstić information content (AvgIpc) is 2.28. The van der Waals surface area contributed by atoms with E-state index in [1.807, 2.05) is 26.0 Å². The first-order valence-electron chi connectivity index (χ1n) is 5.29. The highest BCUT2D eigenvalue weighted by molar-refractivity contribution is 5.99. The molecule has 17 heavy (non-hydrogen) atoms. The number of benzene rings is 1. The standard InChI is InChI=1S/C12H15N3O2/c1-8-6-10(17-3)7-9(2)12(8)11(16)4-5-14-15-13/h6-7H,4-5H2,1-3H3. The van der Waals surface area contributed by atoms with Gasteiger partial charge in [-0.1, -0.05) is 5.11 Å². The number of azide groups is 1. The fraction of sp³-hybridized carbons (Fsp3) is 0.417. The zero-order chi connectivity index (χ0) is 12.8. The number of ether oxygens (including phenoxy) is 1. The fourth-order valence-corrected chi connectivity index (χ4v) is 1.80. The second-order valence-corrected chi connectivity index (χ2v) is 3.76. The van der Waals surface area contributed by atoms with Crippen molar-refractivity contribution in [1.82, 2.24) is 0 Å². The molecule has 5 heteroatoms. The topological polar surface area (TPSA) is 75.1 Å². The fourth-order valence-electron chi connectivity index (χ4n) is 1.80. The molecule has 0 aliphatic carbocycles.